The van der Waals surface area contributed by atoms with Gasteiger partial charge in [0.1, 0.15) is 0 Å². The summed E-state index contributed by atoms with van der Waals surface area (Å²) in [6, 6.07) is 9.82. The van der Waals surface area contributed by atoms with Gasteiger partial charge in [-0.1, -0.05) is 30.4 Å². The van der Waals surface area contributed by atoms with Crippen LogP contribution < -0.4 is 5.32 Å². The fourth-order valence-electron chi connectivity index (χ4n) is 3.43. The number of aromatic nitrogens is 2. The van der Waals surface area contributed by atoms with Gasteiger partial charge in [-0.3, -0.25) is 9.59 Å². The summed E-state index contributed by atoms with van der Waals surface area (Å²) in [5.41, 5.74) is 3.74. The van der Waals surface area contributed by atoms with Gasteiger partial charge in [-0.25, -0.2) is 4.68 Å². The second-order valence-corrected chi connectivity index (χ2v) is 6.61. The highest BCUT2D eigenvalue weighted by Gasteiger charge is 2.33. The topological polar surface area (TPSA) is 84.2 Å². The van der Waals surface area contributed by atoms with E-state index in [4.69, 9.17) is 0 Å². The van der Waals surface area contributed by atoms with Crippen LogP contribution in [0.3, 0.4) is 0 Å². The Labute approximate surface area is 152 Å². The fourth-order valence-corrected chi connectivity index (χ4v) is 3.43. The van der Waals surface area contributed by atoms with Gasteiger partial charge in [-0.05, 0) is 38.8 Å². The van der Waals surface area contributed by atoms with Crippen molar-refractivity contribution in [2.45, 2.75) is 33.2 Å². The van der Waals surface area contributed by atoms with Gasteiger partial charge >= 0.3 is 5.97 Å². The molecule has 0 radical (unpaired) electrons. The van der Waals surface area contributed by atoms with Crippen molar-refractivity contribution in [2.75, 3.05) is 0 Å². The average Bonchev–Trinajstić information content (AvgIpc) is 2.94. The number of hydrogen-bond acceptors (Lipinski definition) is 3. The van der Waals surface area contributed by atoms with Crippen molar-refractivity contribution in [3.8, 4) is 5.69 Å². The first kappa shape index (κ1) is 17.9. The molecule has 0 spiro atoms. The lowest BCUT2D eigenvalue weighted by Crippen LogP contribution is -2.38. The number of carbonyl (C=O) groups is 2. The van der Waals surface area contributed by atoms with Gasteiger partial charge in [-0.2, -0.15) is 5.10 Å². The zero-order valence-electron chi connectivity index (χ0n) is 15.0. The number of aryl methyl sites for hydroxylation is 1. The Bertz CT molecular complexity index is 839. The summed E-state index contributed by atoms with van der Waals surface area (Å²) in [5.74, 6) is -2.32. The number of benzene rings is 1. The fraction of sp³-hybridized carbons (Fsp3) is 0.350. The predicted octanol–water partition coefficient (Wildman–Crippen LogP) is 2.77. The summed E-state index contributed by atoms with van der Waals surface area (Å²) in [6.07, 6.45) is 4.58. The van der Waals surface area contributed by atoms with Crippen molar-refractivity contribution in [1.82, 2.24) is 15.1 Å². The molecule has 26 heavy (non-hydrogen) atoms. The Morgan fingerprint density at radius 1 is 1.15 bits per heavy atom. The maximum atomic E-state index is 12.6. The molecular weight excluding hydrogens is 330 g/mol. The largest absolute Gasteiger partial charge is 0.481 e. The van der Waals surface area contributed by atoms with Crippen molar-refractivity contribution < 1.29 is 14.7 Å². The van der Waals surface area contributed by atoms with Crippen molar-refractivity contribution >= 4 is 11.9 Å². The second kappa shape index (κ2) is 7.56. The van der Waals surface area contributed by atoms with Gasteiger partial charge < -0.3 is 10.4 Å². The molecule has 0 saturated carbocycles. The van der Waals surface area contributed by atoms with E-state index in [1.807, 2.05) is 61.0 Å². The number of aliphatic carboxylic acids is 1. The van der Waals surface area contributed by atoms with Crippen LogP contribution in [-0.2, 0) is 16.1 Å². The average molecular weight is 353 g/mol. The Kier molecular flexibility index (Phi) is 5.21. The number of carboxylic acid groups (broad SMARTS) is 1. The van der Waals surface area contributed by atoms with Gasteiger partial charge in [0.2, 0.25) is 5.91 Å². The van der Waals surface area contributed by atoms with Gasteiger partial charge in [-0.15, -0.1) is 0 Å². The minimum absolute atomic E-state index is 0.215. The summed E-state index contributed by atoms with van der Waals surface area (Å²) in [5, 5.41) is 16.8. The van der Waals surface area contributed by atoms with Crippen LogP contribution in [0.25, 0.3) is 5.69 Å². The van der Waals surface area contributed by atoms with Crippen LogP contribution in [0.2, 0.25) is 0 Å². The molecule has 3 rings (SSSR count). The van der Waals surface area contributed by atoms with Gasteiger partial charge in [0.05, 0.1) is 23.2 Å². The summed E-state index contributed by atoms with van der Waals surface area (Å²) in [4.78, 5) is 23.9. The van der Waals surface area contributed by atoms with Crippen LogP contribution in [-0.4, -0.2) is 26.8 Å². The number of allylic oxidation sites excluding steroid dienone is 2. The third-order valence-corrected chi connectivity index (χ3v) is 4.97. The molecule has 1 heterocycles. The number of rotatable bonds is 5. The highest BCUT2D eigenvalue weighted by atomic mass is 16.4. The minimum atomic E-state index is -0.918. The third-order valence-electron chi connectivity index (χ3n) is 4.97. The van der Waals surface area contributed by atoms with Crippen molar-refractivity contribution in [3.05, 3.63) is 59.4 Å². The Morgan fingerprint density at radius 3 is 2.46 bits per heavy atom. The molecule has 6 heteroatoms. The van der Waals surface area contributed by atoms with E-state index >= 15 is 0 Å². The molecule has 2 atom stereocenters. The molecule has 1 aliphatic rings. The van der Waals surface area contributed by atoms with Crippen LogP contribution in [0.15, 0.2) is 42.5 Å². The van der Waals surface area contributed by atoms with E-state index in [1.165, 1.54) is 0 Å². The molecule has 1 amide bonds. The number of amides is 1. The molecule has 0 aliphatic heterocycles. The van der Waals surface area contributed by atoms with Crippen LogP contribution >= 0.6 is 0 Å². The summed E-state index contributed by atoms with van der Waals surface area (Å²) in [7, 11) is 0. The van der Waals surface area contributed by atoms with Crippen molar-refractivity contribution in [2.24, 2.45) is 11.8 Å². The number of nitrogens with one attached hydrogen (secondary N) is 1. The number of hydrogen-bond donors (Lipinski definition) is 2. The highest BCUT2D eigenvalue weighted by Crippen LogP contribution is 2.26. The lowest BCUT2D eigenvalue weighted by atomic mass is 9.82. The van der Waals surface area contributed by atoms with E-state index in [1.54, 1.807) is 0 Å². The van der Waals surface area contributed by atoms with E-state index < -0.39 is 17.8 Å². The molecule has 6 nitrogen and oxygen atoms in total. The first-order valence-electron chi connectivity index (χ1n) is 8.75. The normalized spacial score (nSPS) is 19.3. The molecule has 1 aromatic carbocycles. The number of carbonyl (C=O) groups excluding carboxylic acids is 1. The first-order chi connectivity index (χ1) is 12.5. The lowest BCUT2D eigenvalue weighted by Gasteiger charge is -2.24. The number of carboxylic acids is 1. The zero-order valence-corrected chi connectivity index (χ0v) is 15.0. The van der Waals surface area contributed by atoms with Gasteiger partial charge in [0, 0.05) is 17.8 Å². The SMILES string of the molecule is Cc1nn(-c2ccccc2)c(C)c1CNC(=O)[C@@H]1CC=CC[C@H]1C(=O)O. The van der Waals surface area contributed by atoms with E-state index in [9.17, 15) is 14.7 Å². The van der Waals surface area contributed by atoms with Crippen molar-refractivity contribution in [3.63, 3.8) is 0 Å². The molecule has 0 fully saturated rings. The van der Waals surface area contributed by atoms with E-state index in [0.29, 0.717) is 19.4 Å². The second-order valence-electron chi connectivity index (χ2n) is 6.61. The smallest absolute Gasteiger partial charge is 0.307 e. The van der Waals surface area contributed by atoms with Gasteiger partial charge in [0.15, 0.2) is 0 Å². The van der Waals surface area contributed by atoms with Crippen molar-refractivity contribution in [1.29, 1.82) is 0 Å². The Morgan fingerprint density at radius 2 is 1.81 bits per heavy atom. The van der Waals surface area contributed by atoms with Crippen LogP contribution in [0.5, 0.6) is 0 Å². The summed E-state index contributed by atoms with van der Waals surface area (Å²) < 4.78 is 1.86. The highest BCUT2D eigenvalue weighted by molar-refractivity contribution is 5.85. The van der Waals surface area contributed by atoms with E-state index in [0.717, 1.165) is 22.6 Å². The monoisotopic (exact) mass is 353 g/mol. The molecule has 2 aromatic rings. The van der Waals surface area contributed by atoms with E-state index in [2.05, 4.69) is 10.4 Å². The molecule has 1 aromatic heterocycles. The number of nitrogens with zero attached hydrogens (tertiary/aromatic N) is 2. The van der Waals surface area contributed by atoms with Crippen LogP contribution in [0.4, 0.5) is 0 Å². The standard InChI is InChI=1S/C20H23N3O3/c1-13-18(14(2)23(22-13)15-8-4-3-5-9-15)12-21-19(24)16-10-6-7-11-17(16)20(25)26/h3-9,16-17H,10-12H2,1-2H3,(H,21,24)(H,25,26)/t16-,17-/m1/s1. The molecular formula is C20H23N3O3. The molecule has 2 N–H and O–H groups in total. The maximum Gasteiger partial charge on any atom is 0.307 e. The Balaban J connectivity index is 1.74. The zero-order chi connectivity index (χ0) is 18.7. The first-order valence-corrected chi connectivity index (χ1v) is 8.75. The molecule has 1 aliphatic carbocycles. The predicted molar refractivity (Wildman–Crippen MR) is 97.9 cm³/mol. The van der Waals surface area contributed by atoms with Gasteiger partial charge in [0.25, 0.3) is 0 Å². The van der Waals surface area contributed by atoms with Crippen LogP contribution in [0.1, 0.15) is 29.8 Å². The maximum absolute atomic E-state index is 12.6. The summed E-state index contributed by atoms with van der Waals surface area (Å²) in [6.45, 7) is 4.23. The Hall–Kier alpha value is -2.89. The van der Waals surface area contributed by atoms with E-state index in [-0.39, 0.29) is 5.91 Å². The third kappa shape index (κ3) is 3.54. The minimum Gasteiger partial charge on any atom is -0.481 e. The summed E-state index contributed by atoms with van der Waals surface area (Å²) >= 11 is 0. The molecule has 0 saturated heterocycles. The van der Waals surface area contributed by atoms with Crippen LogP contribution in [0, 0.1) is 25.7 Å². The number of para-hydroxylation sites is 1. The molecule has 0 bridgehead atoms. The quantitative estimate of drug-likeness (QED) is 0.810. The molecule has 136 valence electrons. The molecule has 0 unspecified atom stereocenters. The lowest BCUT2D eigenvalue weighted by molar-refractivity contribution is -0.147.